The van der Waals surface area contributed by atoms with Gasteiger partial charge in [-0.2, -0.15) is 0 Å². The number of ether oxygens (including phenoxy) is 2. The molecule has 7 atom stereocenters. The number of nitrogens with zero attached hydrogens (tertiary/aromatic N) is 4. The summed E-state index contributed by atoms with van der Waals surface area (Å²) in [5.74, 6) is 0.567. The van der Waals surface area contributed by atoms with Crippen molar-refractivity contribution in [2.75, 3.05) is 12.4 Å². The van der Waals surface area contributed by atoms with Crippen molar-refractivity contribution < 1.29 is 14.3 Å². The standard InChI is InChI=1S/C25H26BrIN6O3/c1-24(2)35-18-17(14-9-25(14,19(18)36-24)22(34)28-3)33-10-29-16-20(31-23(27)32-21(16)33)30-15-8-13(15)11-5-4-6-12(26)7-11/h4-7,10,13-15,17-19H,8-9H2,1-3H3,(H,28,34)(H,30,31,32)/t13?,14-,15?,17-,18-,19-,25+/m1/s1. The number of nitrogens with one attached hydrogen (secondary N) is 2. The van der Waals surface area contributed by atoms with Crippen molar-refractivity contribution in [1.29, 1.82) is 0 Å². The van der Waals surface area contributed by atoms with Crippen molar-refractivity contribution >= 4 is 61.4 Å². The van der Waals surface area contributed by atoms with Crippen LogP contribution in [-0.4, -0.2) is 56.5 Å². The van der Waals surface area contributed by atoms with E-state index in [1.807, 2.05) is 26.2 Å². The van der Waals surface area contributed by atoms with E-state index in [1.165, 1.54) is 5.56 Å². The Labute approximate surface area is 230 Å². The van der Waals surface area contributed by atoms with E-state index < -0.39 is 11.2 Å². The number of imidazole rings is 1. The smallest absolute Gasteiger partial charge is 0.229 e. The molecule has 36 heavy (non-hydrogen) atoms. The van der Waals surface area contributed by atoms with E-state index in [1.54, 1.807) is 7.05 Å². The Balaban J connectivity index is 1.23. The van der Waals surface area contributed by atoms with Gasteiger partial charge in [0.05, 0.1) is 17.8 Å². The van der Waals surface area contributed by atoms with Gasteiger partial charge in [0.1, 0.15) is 12.2 Å². The van der Waals surface area contributed by atoms with E-state index in [0.717, 1.165) is 34.3 Å². The van der Waals surface area contributed by atoms with Gasteiger partial charge < -0.3 is 24.7 Å². The molecule has 0 bridgehead atoms. The van der Waals surface area contributed by atoms with Crippen LogP contribution in [0.1, 0.15) is 44.2 Å². The molecule has 3 aromatic rings. The first-order valence-corrected chi connectivity index (χ1v) is 14.1. The highest BCUT2D eigenvalue weighted by Gasteiger charge is 2.79. The molecule has 1 saturated heterocycles. The summed E-state index contributed by atoms with van der Waals surface area (Å²) in [6.07, 6.45) is 3.09. The second-order valence-electron chi connectivity index (χ2n) is 10.8. The molecule has 4 aliphatic rings. The minimum absolute atomic E-state index is 0.0228. The maximum Gasteiger partial charge on any atom is 0.229 e. The minimum atomic E-state index is -0.748. The third-order valence-corrected chi connectivity index (χ3v) is 9.18. The lowest BCUT2D eigenvalue weighted by molar-refractivity contribution is -0.164. The first-order valence-electron chi connectivity index (χ1n) is 12.2. The van der Waals surface area contributed by atoms with Crippen LogP contribution in [-0.2, 0) is 14.3 Å². The maximum absolute atomic E-state index is 13.0. The third-order valence-electron chi connectivity index (χ3n) is 8.20. The molecule has 188 valence electrons. The number of halogens is 2. The van der Waals surface area contributed by atoms with Crippen LogP contribution in [0.2, 0.25) is 0 Å². The number of benzene rings is 1. The van der Waals surface area contributed by atoms with Crippen LogP contribution in [0.5, 0.6) is 0 Å². The number of anilines is 1. The summed E-state index contributed by atoms with van der Waals surface area (Å²) in [6, 6.07) is 8.67. The van der Waals surface area contributed by atoms with Crippen LogP contribution in [0.25, 0.3) is 11.2 Å². The van der Waals surface area contributed by atoms with Crippen LogP contribution >= 0.6 is 38.5 Å². The van der Waals surface area contributed by atoms with Gasteiger partial charge in [-0.3, -0.25) is 4.79 Å². The molecule has 2 unspecified atom stereocenters. The lowest BCUT2D eigenvalue weighted by Gasteiger charge is -2.24. The van der Waals surface area contributed by atoms with Gasteiger partial charge in [0.15, 0.2) is 26.6 Å². The van der Waals surface area contributed by atoms with Gasteiger partial charge in [0.25, 0.3) is 0 Å². The number of amides is 1. The Morgan fingerprint density at radius 2 is 2.11 bits per heavy atom. The second-order valence-corrected chi connectivity index (χ2v) is 12.6. The largest absolute Gasteiger partial charge is 0.365 e. The molecular weight excluding hydrogens is 639 g/mol. The lowest BCUT2D eigenvalue weighted by atomic mass is 9.98. The summed E-state index contributed by atoms with van der Waals surface area (Å²) in [5.41, 5.74) is 2.24. The fourth-order valence-corrected chi connectivity index (χ4v) is 7.43. The van der Waals surface area contributed by atoms with Crippen LogP contribution in [0.4, 0.5) is 5.82 Å². The van der Waals surface area contributed by atoms with Crippen molar-refractivity contribution in [2.24, 2.45) is 11.3 Å². The number of hydrogen-bond acceptors (Lipinski definition) is 7. The molecule has 4 fully saturated rings. The van der Waals surface area contributed by atoms with E-state index in [-0.39, 0.29) is 30.1 Å². The van der Waals surface area contributed by atoms with E-state index >= 15 is 0 Å². The molecule has 0 radical (unpaired) electrons. The van der Waals surface area contributed by atoms with Gasteiger partial charge in [-0.05, 0) is 44.4 Å². The third kappa shape index (κ3) is 3.38. The molecule has 9 nitrogen and oxygen atoms in total. The summed E-state index contributed by atoms with van der Waals surface area (Å²) in [5, 5.41) is 6.48. The van der Waals surface area contributed by atoms with Crippen molar-refractivity contribution in [3.05, 3.63) is 44.5 Å². The quantitative estimate of drug-likeness (QED) is 0.314. The minimum Gasteiger partial charge on any atom is -0.365 e. The normalized spacial score (nSPS) is 35.4. The summed E-state index contributed by atoms with van der Waals surface area (Å²) in [7, 11) is 1.69. The van der Waals surface area contributed by atoms with Gasteiger partial charge in [0, 0.05) is 52.0 Å². The molecule has 3 saturated carbocycles. The molecule has 7 rings (SSSR count). The van der Waals surface area contributed by atoms with Crippen LogP contribution in [0.3, 0.4) is 0 Å². The Hall–Kier alpha value is -1.83. The van der Waals surface area contributed by atoms with Crippen LogP contribution in [0.15, 0.2) is 35.1 Å². The predicted molar refractivity (Wildman–Crippen MR) is 144 cm³/mol. The Kier molecular flexibility index (Phi) is 5.07. The molecule has 3 heterocycles. The fourth-order valence-electron chi connectivity index (χ4n) is 6.54. The number of aromatic nitrogens is 4. The van der Waals surface area contributed by atoms with Gasteiger partial charge in [-0.15, -0.1) is 0 Å². The summed E-state index contributed by atoms with van der Waals surface area (Å²) in [6.45, 7) is 3.82. The summed E-state index contributed by atoms with van der Waals surface area (Å²) in [4.78, 5) is 27.2. The average Bonchev–Trinajstić information content (AvgIpc) is 3.66. The van der Waals surface area contributed by atoms with Gasteiger partial charge >= 0.3 is 0 Å². The molecule has 3 aliphatic carbocycles. The second kappa shape index (κ2) is 7.84. The first kappa shape index (κ1) is 23.3. The van der Waals surface area contributed by atoms with Crippen molar-refractivity contribution in [2.45, 2.75) is 62.7 Å². The topological polar surface area (TPSA) is 103 Å². The zero-order valence-corrected chi connectivity index (χ0v) is 23.8. The Bertz CT molecular complexity index is 1410. The van der Waals surface area contributed by atoms with Gasteiger partial charge in [-0.1, -0.05) is 28.1 Å². The highest BCUT2D eigenvalue weighted by Crippen LogP contribution is 2.71. The van der Waals surface area contributed by atoms with Gasteiger partial charge in [-0.25, -0.2) is 15.0 Å². The molecule has 0 spiro atoms. The summed E-state index contributed by atoms with van der Waals surface area (Å²) >= 11 is 5.74. The fraction of sp³-hybridized carbons (Fsp3) is 0.520. The highest BCUT2D eigenvalue weighted by molar-refractivity contribution is 14.1. The zero-order chi connectivity index (χ0) is 25.0. The number of carbonyl (C=O) groups is 1. The Morgan fingerprint density at radius 1 is 1.28 bits per heavy atom. The van der Waals surface area contributed by atoms with Crippen LogP contribution < -0.4 is 10.6 Å². The Morgan fingerprint density at radius 3 is 2.89 bits per heavy atom. The SMILES string of the molecule is CNC(=O)[C@@]12C[C@@H]1[C@@H](n1cnc3c(NC4CC4c4cccc(Br)c4)nc(I)nc31)[C@H]1OC(C)(C)O[C@H]12. The monoisotopic (exact) mass is 664 g/mol. The number of rotatable bonds is 5. The molecule has 2 aromatic heterocycles. The number of carbonyl (C=O) groups excluding carboxylic acids is 1. The maximum atomic E-state index is 13.0. The van der Waals surface area contributed by atoms with E-state index in [0.29, 0.717) is 15.8 Å². The van der Waals surface area contributed by atoms with E-state index in [9.17, 15) is 4.79 Å². The van der Waals surface area contributed by atoms with Crippen molar-refractivity contribution in [3.8, 4) is 0 Å². The highest BCUT2D eigenvalue weighted by atomic mass is 127. The lowest BCUT2D eigenvalue weighted by Crippen LogP contribution is -2.40. The van der Waals surface area contributed by atoms with Crippen molar-refractivity contribution in [1.82, 2.24) is 24.8 Å². The molecular formula is C25H26BrIN6O3. The van der Waals surface area contributed by atoms with Gasteiger partial charge in [0.2, 0.25) is 5.91 Å². The van der Waals surface area contributed by atoms with E-state index in [2.05, 4.69) is 71.9 Å². The van der Waals surface area contributed by atoms with Crippen LogP contribution in [0, 0.1) is 15.2 Å². The summed E-state index contributed by atoms with van der Waals surface area (Å²) < 4.78 is 16.5. The first-order chi connectivity index (χ1) is 17.2. The van der Waals surface area contributed by atoms with Crippen molar-refractivity contribution in [3.63, 3.8) is 0 Å². The predicted octanol–water partition coefficient (Wildman–Crippen LogP) is 3.99. The van der Waals surface area contributed by atoms with E-state index in [4.69, 9.17) is 24.4 Å². The average molecular weight is 665 g/mol. The molecule has 1 aromatic carbocycles. The molecule has 2 N–H and O–H groups in total. The number of hydrogen-bond donors (Lipinski definition) is 2. The molecule has 11 heteroatoms. The molecule has 1 aliphatic heterocycles. The number of fused-ring (bicyclic) bond motifs is 4. The zero-order valence-electron chi connectivity index (χ0n) is 20.0. The molecule has 1 amide bonds.